The van der Waals surface area contributed by atoms with Crippen LogP contribution in [0, 0.1) is 0 Å². The lowest BCUT2D eigenvalue weighted by atomic mass is 9.75. The second-order valence-corrected chi connectivity index (χ2v) is 6.18. The Morgan fingerprint density at radius 2 is 1.80 bits per heavy atom. The van der Waals surface area contributed by atoms with Crippen LogP contribution in [-0.2, 0) is 11.0 Å². The average Bonchev–Trinajstić information content (AvgIpc) is 2.93. The summed E-state index contributed by atoms with van der Waals surface area (Å²) >= 11 is 0. The lowest BCUT2D eigenvalue weighted by molar-refractivity contribution is -0.138. The minimum Gasteiger partial charge on any atom is -0.343 e. The zero-order valence-electron chi connectivity index (χ0n) is 13.0. The molecule has 4 rings (SSSR count). The van der Waals surface area contributed by atoms with E-state index in [1.54, 1.807) is 0 Å². The van der Waals surface area contributed by atoms with Gasteiger partial charge in [0, 0.05) is 23.6 Å². The fourth-order valence-electron chi connectivity index (χ4n) is 3.68. The van der Waals surface area contributed by atoms with Crippen molar-refractivity contribution in [1.82, 2.24) is 10.2 Å². The van der Waals surface area contributed by atoms with E-state index >= 15 is 0 Å². The van der Waals surface area contributed by atoms with Gasteiger partial charge >= 0.3 is 6.18 Å². The van der Waals surface area contributed by atoms with Crippen molar-refractivity contribution < 1.29 is 18.0 Å². The second-order valence-electron chi connectivity index (χ2n) is 6.18. The molecule has 2 heterocycles. The van der Waals surface area contributed by atoms with Gasteiger partial charge in [0.05, 0.1) is 11.1 Å². The third-order valence-electron chi connectivity index (χ3n) is 4.70. The molecular formula is C17H14F3N3O2. The van der Waals surface area contributed by atoms with Gasteiger partial charge < -0.3 is 5.32 Å². The summed E-state index contributed by atoms with van der Waals surface area (Å²) in [4.78, 5) is 24.8. The van der Waals surface area contributed by atoms with Crippen molar-refractivity contribution in [3.8, 4) is 0 Å². The topological polar surface area (TPSA) is 77.8 Å². The predicted molar refractivity (Wildman–Crippen MR) is 84.2 cm³/mol. The Morgan fingerprint density at radius 1 is 1.04 bits per heavy atom. The van der Waals surface area contributed by atoms with E-state index in [2.05, 4.69) is 15.5 Å². The van der Waals surface area contributed by atoms with Crippen molar-refractivity contribution in [3.63, 3.8) is 0 Å². The van der Waals surface area contributed by atoms with Crippen LogP contribution in [0.5, 0.6) is 0 Å². The molecule has 0 radical (unpaired) electrons. The molecule has 5 nitrogen and oxygen atoms in total. The molecule has 2 aliphatic rings. The SMILES string of the molecule is O=C1CCCC2=C1[C@@H](c1ccccc1C(F)(F)F)c1c([nH][nH]c1=O)N2. The molecule has 8 heteroatoms. The number of benzene rings is 1. The number of carbonyl (C=O) groups excluding carboxylic acids is 1. The van der Waals surface area contributed by atoms with E-state index < -0.39 is 23.2 Å². The van der Waals surface area contributed by atoms with Crippen LogP contribution >= 0.6 is 0 Å². The molecule has 130 valence electrons. The molecule has 1 aliphatic heterocycles. The van der Waals surface area contributed by atoms with E-state index in [9.17, 15) is 22.8 Å². The first-order valence-corrected chi connectivity index (χ1v) is 7.88. The minimum absolute atomic E-state index is 0.0781. The first kappa shape index (κ1) is 15.7. The van der Waals surface area contributed by atoms with Crippen LogP contribution in [-0.4, -0.2) is 16.0 Å². The standard InChI is InChI=1S/C17H14F3N3O2/c18-17(19,20)9-5-2-1-4-8(9)12-13-10(6-3-7-11(13)24)21-15-14(12)16(25)23-22-15/h1-2,4-5,12H,3,6-7H2,(H3,21,22,23,25)/t12-/m1/s1. The largest absolute Gasteiger partial charge is 0.416 e. The highest BCUT2D eigenvalue weighted by Gasteiger charge is 2.42. The van der Waals surface area contributed by atoms with Crippen LogP contribution in [0.15, 0.2) is 40.3 Å². The summed E-state index contributed by atoms with van der Waals surface area (Å²) in [5.41, 5.74) is -0.481. The number of ketones is 1. The van der Waals surface area contributed by atoms with Gasteiger partial charge in [-0.2, -0.15) is 13.2 Å². The Hall–Kier alpha value is -2.77. The number of anilines is 1. The lowest BCUT2D eigenvalue weighted by Crippen LogP contribution is -2.30. The van der Waals surface area contributed by atoms with Crippen molar-refractivity contribution in [1.29, 1.82) is 0 Å². The molecule has 1 aromatic heterocycles. The summed E-state index contributed by atoms with van der Waals surface area (Å²) in [5, 5.41) is 8.05. The summed E-state index contributed by atoms with van der Waals surface area (Å²) in [6.45, 7) is 0. The Kier molecular flexibility index (Phi) is 3.38. The Labute approximate surface area is 139 Å². The maximum absolute atomic E-state index is 13.5. The van der Waals surface area contributed by atoms with E-state index in [-0.39, 0.29) is 28.9 Å². The first-order chi connectivity index (χ1) is 11.9. The number of hydrogen-bond donors (Lipinski definition) is 3. The number of carbonyl (C=O) groups is 1. The number of allylic oxidation sites excluding steroid dienone is 2. The number of rotatable bonds is 1. The number of aromatic amines is 2. The monoisotopic (exact) mass is 349 g/mol. The van der Waals surface area contributed by atoms with Gasteiger partial charge in [-0.25, -0.2) is 0 Å². The van der Waals surface area contributed by atoms with Crippen LogP contribution in [0.1, 0.15) is 41.9 Å². The number of fused-ring (bicyclic) bond motifs is 1. The van der Waals surface area contributed by atoms with E-state index in [4.69, 9.17) is 0 Å². The number of Topliss-reactive ketones (excluding diaryl/α,β-unsaturated/α-hetero) is 1. The number of halogens is 3. The molecule has 0 saturated carbocycles. The van der Waals surface area contributed by atoms with Crippen LogP contribution in [0.25, 0.3) is 0 Å². The fourth-order valence-corrected chi connectivity index (χ4v) is 3.68. The number of H-pyrrole nitrogens is 2. The molecule has 1 aliphatic carbocycles. The molecule has 0 saturated heterocycles. The Morgan fingerprint density at radius 3 is 2.56 bits per heavy atom. The van der Waals surface area contributed by atoms with E-state index in [1.807, 2.05) is 0 Å². The maximum Gasteiger partial charge on any atom is 0.416 e. The van der Waals surface area contributed by atoms with Gasteiger partial charge in [0.1, 0.15) is 5.82 Å². The highest BCUT2D eigenvalue weighted by atomic mass is 19.4. The van der Waals surface area contributed by atoms with Gasteiger partial charge in [-0.15, -0.1) is 0 Å². The summed E-state index contributed by atoms with van der Waals surface area (Å²) in [5.74, 6) is -0.936. The highest BCUT2D eigenvalue weighted by molar-refractivity contribution is 6.01. The third kappa shape index (κ3) is 2.40. The average molecular weight is 349 g/mol. The second kappa shape index (κ2) is 5.37. The summed E-state index contributed by atoms with van der Waals surface area (Å²) in [6, 6.07) is 5.10. The fraction of sp³-hybridized carbons (Fsp3) is 0.294. The quantitative estimate of drug-likeness (QED) is 0.739. The van der Waals surface area contributed by atoms with Gasteiger partial charge in [0.25, 0.3) is 5.56 Å². The molecule has 0 unspecified atom stereocenters. The molecule has 0 bridgehead atoms. The van der Waals surface area contributed by atoms with Crippen LogP contribution < -0.4 is 10.9 Å². The van der Waals surface area contributed by atoms with Crippen molar-refractivity contribution in [2.24, 2.45) is 0 Å². The lowest BCUT2D eigenvalue weighted by Gasteiger charge is -2.32. The minimum atomic E-state index is -4.58. The Bertz CT molecular complexity index is 953. The third-order valence-corrected chi connectivity index (χ3v) is 4.70. The molecule has 0 fully saturated rings. The molecule has 3 N–H and O–H groups in total. The molecule has 1 atom stereocenters. The summed E-state index contributed by atoms with van der Waals surface area (Å²) in [7, 11) is 0. The highest BCUT2D eigenvalue weighted by Crippen LogP contribution is 2.46. The van der Waals surface area contributed by atoms with Crippen molar-refractivity contribution in [2.45, 2.75) is 31.4 Å². The van der Waals surface area contributed by atoms with Gasteiger partial charge in [-0.05, 0) is 24.5 Å². The summed E-state index contributed by atoms with van der Waals surface area (Å²) in [6.07, 6.45) is -3.13. The van der Waals surface area contributed by atoms with Crippen LogP contribution in [0.4, 0.5) is 19.0 Å². The zero-order valence-corrected chi connectivity index (χ0v) is 13.0. The van der Waals surface area contributed by atoms with Crippen molar-refractivity contribution >= 4 is 11.6 Å². The van der Waals surface area contributed by atoms with E-state index in [0.717, 1.165) is 6.07 Å². The van der Waals surface area contributed by atoms with E-state index in [1.165, 1.54) is 18.2 Å². The maximum atomic E-state index is 13.5. The van der Waals surface area contributed by atoms with Gasteiger partial charge in [-0.1, -0.05) is 18.2 Å². The number of aromatic nitrogens is 2. The van der Waals surface area contributed by atoms with Crippen LogP contribution in [0.3, 0.4) is 0 Å². The predicted octanol–water partition coefficient (Wildman–Crippen LogP) is 3.29. The van der Waals surface area contributed by atoms with Gasteiger partial charge in [0.2, 0.25) is 0 Å². The van der Waals surface area contributed by atoms with Gasteiger partial charge in [-0.3, -0.25) is 19.8 Å². The van der Waals surface area contributed by atoms with Crippen molar-refractivity contribution in [3.05, 3.63) is 62.6 Å². The molecular weight excluding hydrogens is 335 g/mol. The first-order valence-electron chi connectivity index (χ1n) is 7.88. The Balaban J connectivity index is 2.02. The zero-order chi connectivity index (χ0) is 17.8. The molecule has 25 heavy (non-hydrogen) atoms. The molecule has 2 aromatic rings. The van der Waals surface area contributed by atoms with Crippen molar-refractivity contribution in [2.75, 3.05) is 5.32 Å². The van der Waals surface area contributed by atoms with Crippen LogP contribution in [0.2, 0.25) is 0 Å². The molecule has 0 spiro atoms. The van der Waals surface area contributed by atoms with E-state index in [0.29, 0.717) is 24.4 Å². The molecule has 1 aromatic carbocycles. The van der Waals surface area contributed by atoms with Gasteiger partial charge in [0.15, 0.2) is 5.78 Å². The number of alkyl halides is 3. The molecule has 0 amide bonds. The summed E-state index contributed by atoms with van der Waals surface area (Å²) < 4.78 is 40.5. The normalized spacial score (nSPS) is 20.1. The smallest absolute Gasteiger partial charge is 0.343 e. The number of nitrogens with one attached hydrogen (secondary N) is 3. The number of hydrogen-bond acceptors (Lipinski definition) is 3.